The van der Waals surface area contributed by atoms with Crippen molar-refractivity contribution in [2.24, 2.45) is 17.8 Å². The zero-order chi connectivity index (χ0) is 12.3. The lowest BCUT2D eigenvalue weighted by Crippen LogP contribution is -2.49. The summed E-state index contributed by atoms with van der Waals surface area (Å²) in [5, 5.41) is 0.494. The molecule has 5 rings (SSSR count). The zero-order valence-electron chi connectivity index (χ0n) is 10.4. The van der Waals surface area contributed by atoms with E-state index in [9.17, 15) is 0 Å². The van der Waals surface area contributed by atoms with Crippen molar-refractivity contribution in [3.05, 3.63) is 17.0 Å². The summed E-state index contributed by atoms with van der Waals surface area (Å²) in [6, 6.07) is 1.64. The summed E-state index contributed by atoms with van der Waals surface area (Å²) < 4.78 is 0. The molecule has 18 heavy (non-hydrogen) atoms. The average molecular weight is 264 g/mol. The second-order valence-corrected chi connectivity index (χ2v) is 7.02. The number of hydrogen-bond acceptors (Lipinski definition) is 3. The van der Waals surface area contributed by atoms with Crippen LogP contribution >= 0.6 is 11.6 Å². The number of aromatic nitrogens is 2. The molecule has 4 aliphatic carbocycles. The van der Waals surface area contributed by atoms with E-state index in [2.05, 4.69) is 9.97 Å². The van der Waals surface area contributed by atoms with E-state index < -0.39 is 0 Å². The lowest BCUT2D eigenvalue weighted by molar-refractivity contribution is -0.00932. The van der Waals surface area contributed by atoms with Crippen molar-refractivity contribution in [2.75, 3.05) is 5.73 Å². The SMILES string of the molecule is Nc1cc(Cl)nc(C23CC4CC(CC(C4)C2)C3)n1. The Morgan fingerprint density at radius 1 is 1.06 bits per heavy atom. The number of halogens is 1. The van der Waals surface area contributed by atoms with Gasteiger partial charge in [0.2, 0.25) is 0 Å². The third-order valence-electron chi connectivity index (χ3n) is 5.23. The van der Waals surface area contributed by atoms with E-state index in [1.807, 2.05) is 0 Å². The highest BCUT2D eigenvalue weighted by molar-refractivity contribution is 6.29. The van der Waals surface area contributed by atoms with Crippen molar-refractivity contribution in [1.29, 1.82) is 0 Å². The van der Waals surface area contributed by atoms with E-state index in [0.29, 0.717) is 11.0 Å². The average Bonchev–Trinajstić information content (AvgIpc) is 2.25. The van der Waals surface area contributed by atoms with Gasteiger partial charge in [-0.05, 0) is 56.3 Å². The van der Waals surface area contributed by atoms with E-state index in [1.54, 1.807) is 6.07 Å². The van der Waals surface area contributed by atoms with Crippen molar-refractivity contribution in [3.63, 3.8) is 0 Å². The maximum absolute atomic E-state index is 6.06. The predicted octanol–water partition coefficient (Wildman–Crippen LogP) is 3.18. The Balaban J connectivity index is 1.79. The van der Waals surface area contributed by atoms with Crippen molar-refractivity contribution < 1.29 is 0 Å². The summed E-state index contributed by atoms with van der Waals surface area (Å²) in [4.78, 5) is 9.00. The number of nitrogens with zero attached hydrogens (tertiary/aromatic N) is 2. The third kappa shape index (κ3) is 1.56. The maximum Gasteiger partial charge on any atom is 0.138 e. The summed E-state index contributed by atoms with van der Waals surface area (Å²) in [5.41, 5.74) is 6.03. The van der Waals surface area contributed by atoms with Gasteiger partial charge in [0.25, 0.3) is 0 Å². The highest BCUT2D eigenvalue weighted by atomic mass is 35.5. The lowest BCUT2D eigenvalue weighted by atomic mass is 9.49. The second-order valence-electron chi connectivity index (χ2n) is 6.64. The molecule has 0 spiro atoms. The monoisotopic (exact) mass is 263 g/mol. The molecule has 0 aromatic carbocycles. The number of anilines is 1. The van der Waals surface area contributed by atoms with Crippen molar-refractivity contribution in [1.82, 2.24) is 9.97 Å². The van der Waals surface area contributed by atoms with Crippen LogP contribution in [0.2, 0.25) is 5.15 Å². The van der Waals surface area contributed by atoms with E-state index in [4.69, 9.17) is 17.3 Å². The van der Waals surface area contributed by atoms with E-state index in [1.165, 1.54) is 38.5 Å². The molecule has 1 heterocycles. The molecule has 4 fully saturated rings. The minimum absolute atomic E-state index is 0.188. The quantitative estimate of drug-likeness (QED) is 0.792. The standard InChI is InChI=1S/C14H18ClN3/c15-11-4-12(16)18-13(17-11)14-5-8-1-9(6-14)3-10(2-8)7-14/h4,8-10H,1-3,5-7H2,(H2,16,17,18). The molecule has 0 radical (unpaired) electrons. The number of nitrogens with two attached hydrogens (primary N) is 1. The molecule has 96 valence electrons. The van der Waals surface area contributed by atoms with Crippen LogP contribution in [0, 0.1) is 17.8 Å². The molecule has 0 unspecified atom stereocenters. The van der Waals surface area contributed by atoms with Crippen LogP contribution in [0.5, 0.6) is 0 Å². The van der Waals surface area contributed by atoms with Crippen LogP contribution in [-0.4, -0.2) is 9.97 Å². The molecule has 3 nitrogen and oxygen atoms in total. The zero-order valence-corrected chi connectivity index (χ0v) is 11.2. The minimum atomic E-state index is 0.188. The van der Waals surface area contributed by atoms with Gasteiger partial charge in [0.15, 0.2) is 0 Å². The van der Waals surface area contributed by atoms with Gasteiger partial charge in [-0.2, -0.15) is 0 Å². The Morgan fingerprint density at radius 3 is 2.11 bits per heavy atom. The van der Waals surface area contributed by atoms with Gasteiger partial charge in [-0.15, -0.1) is 0 Å². The topological polar surface area (TPSA) is 51.8 Å². The molecular formula is C14H18ClN3. The first kappa shape index (κ1) is 11.0. The van der Waals surface area contributed by atoms with Crippen LogP contribution in [0.3, 0.4) is 0 Å². The molecule has 4 aliphatic rings. The highest BCUT2D eigenvalue weighted by Gasteiger charge is 2.53. The molecule has 0 amide bonds. The third-order valence-corrected chi connectivity index (χ3v) is 5.42. The number of nitrogen functional groups attached to an aromatic ring is 1. The van der Waals surface area contributed by atoms with Crippen LogP contribution in [0.25, 0.3) is 0 Å². The van der Waals surface area contributed by atoms with Crippen molar-refractivity contribution in [2.45, 2.75) is 43.9 Å². The first-order valence-corrected chi connectivity index (χ1v) is 7.31. The highest BCUT2D eigenvalue weighted by Crippen LogP contribution is 2.60. The molecule has 0 saturated heterocycles. The van der Waals surface area contributed by atoms with Crippen LogP contribution < -0.4 is 5.73 Å². The van der Waals surface area contributed by atoms with Crippen LogP contribution in [0.15, 0.2) is 6.07 Å². The van der Waals surface area contributed by atoms with Gasteiger partial charge in [0.1, 0.15) is 16.8 Å². The summed E-state index contributed by atoms with van der Waals surface area (Å²) in [7, 11) is 0. The molecule has 4 bridgehead atoms. The molecule has 0 atom stereocenters. The van der Waals surface area contributed by atoms with Crippen LogP contribution in [-0.2, 0) is 5.41 Å². The van der Waals surface area contributed by atoms with Gasteiger partial charge in [-0.25, -0.2) is 9.97 Å². The number of rotatable bonds is 1. The van der Waals surface area contributed by atoms with E-state index in [-0.39, 0.29) is 5.41 Å². The fourth-order valence-corrected chi connectivity index (χ4v) is 5.25. The Labute approximate surface area is 112 Å². The molecule has 4 saturated carbocycles. The van der Waals surface area contributed by atoms with Gasteiger partial charge in [0.05, 0.1) is 0 Å². The Kier molecular flexibility index (Phi) is 2.20. The molecule has 1 aromatic heterocycles. The van der Waals surface area contributed by atoms with Crippen LogP contribution in [0.1, 0.15) is 44.3 Å². The van der Waals surface area contributed by atoms with Gasteiger partial charge in [0, 0.05) is 11.5 Å². The predicted molar refractivity (Wildman–Crippen MR) is 71.3 cm³/mol. The molecule has 0 aliphatic heterocycles. The summed E-state index contributed by atoms with van der Waals surface area (Å²) >= 11 is 6.06. The Bertz CT molecular complexity index is 444. The normalized spacial score (nSPS) is 41.3. The van der Waals surface area contributed by atoms with Crippen molar-refractivity contribution in [3.8, 4) is 0 Å². The van der Waals surface area contributed by atoms with Crippen LogP contribution in [0.4, 0.5) is 5.82 Å². The summed E-state index contributed by atoms with van der Waals surface area (Å²) in [6.45, 7) is 0. The molecule has 2 N–H and O–H groups in total. The fraction of sp³-hybridized carbons (Fsp3) is 0.714. The fourth-order valence-electron chi connectivity index (χ4n) is 5.06. The molecule has 1 aromatic rings. The molecule has 4 heteroatoms. The first-order chi connectivity index (χ1) is 8.63. The lowest BCUT2D eigenvalue weighted by Gasteiger charge is -2.55. The van der Waals surface area contributed by atoms with E-state index >= 15 is 0 Å². The second kappa shape index (κ2) is 3.60. The largest absolute Gasteiger partial charge is 0.384 e. The Hall–Kier alpha value is -0.830. The maximum atomic E-state index is 6.06. The minimum Gasteiger partial charge on any atom is -0.384 e. The summed E-state index contributed by atoms with van der Waals surface area (Å²) in [6.07, 6.45) is 8.02. The number of hydrogen-bond donors (Lipinski definition) is 1. The Morgan fingerprint density at radius 2 is 1.61 bits per heavy atom. The van der Waals surface area contributed by atoms with Gasteiger partial charge >= 0.3 is 0 Å². The van der Waals surface area contributed by atoms with Gasteiger partial charge in [-0.1, -0.05) is 11.6 Å². The smallest absolute Gasteiger partial charge is 0.138 e. The first-order valence-electron chi connectivity index (χ1n) is 6.93. The van der Waals surface area contributed by atoms with Gasteiger partial charge in [-0.3, -0.25) is 0 Å². The van der Waals surface area contributed by atoms with Crippen molar-refractivity contribution >= 4 is 17.4 Å². The van der Waals surface area contributed by atoms with Gasteiger partial charge < -0.3 is 5.73 Å². The van der Waals surface area contributed by atoms with E-state index in [0.717, 1.165) is 23.6 Å². The summed E-state index contributed by atoms with van der Waals surface area (Å²) in [5.74, 6) is 4.10. The molecular weight excluding hydrogens is 246 g/mol.